The zero-order chi connectivity index (χ0) is 16.2. The topological polar surface area (TPSA) is 62.3 Å². The maximum atomic E-state index is 12.7. The first-order chi connectivity index (χ1) is 11.2. The van der Waals surface area contributed by atoms with E-state index in [4.69, 9.17) is 0 Å². The molecule has 1 aromatic heterocycles. The van der Waals surface area contributed by atoms with Crippen LogP contribution in [0, 0.1) is 12.8 Å². The molecule has 1 atom stereocenters. The number of nitrogens with zero attached hydrogens (tertiary/aromatic N) is 2. The van der Waals surface area contributed by atoms with Crippen molar-refractivity contribution in [3.8, 4) is 0 Å². The maximum Gasteiger partial charge on any atom is 0.257 e. The van der Waals surface area contributed by atoms with E-state index in [1.807, 2.05) is 6.92 Å². The molecular formula is C17H25N3O2S. The van der Waals surface area contributed by atoms with Crippen molar-refractivity contribution >= 4 is 23.3 Å². The standard InChI is InChI=1S/C17H25N3O2S/c1-12-14(11-23-19-12)17(22)20-9-5-8-15(20)16(21)18-10-13-6-3-2-4-7-13/h11,13,15H,2-10H2,1H3,(H,18,21)/t15-/m0/s1. The minimum Gasteiger partial charge on any atom is -0.354 e. The second-order valence-electron chi connectivity index (χ2n) is 6.72. The first-order valence-electron chi connectivity index (χ1n) is 8.66. The number of likely N-dealkylation sites (tertiary alicyclic amines) is 1. The number of amides is 2. The van der Waals surface area contributed by atoms with Crippen LogP contribution in [0.5, 0.6) is 0 Å². The second-order valence-corrected chi connectivity index (χ2v) is 7.35. The molecule has 0 aromatic carbocycles. The van der Waals surface area contributed by atoms with Gasteiger partial charge in [-0.1, -0.05) is 19.3 Å². The van der Waals surface area contributed by atoms with Crippen molar-refractivity contribution in [2.75, 3.05) is 13.1 Å². The van der Waals surface area contributed by atoms with Crippen molar-refractivity contribution in [2.45, 2.75) is 57.9 Å². The number of nitrogens with one attached hydrogen (secondary N) is 1. The molecule has 126 valence electrons. The summed E-state index contributed by atoms with van der Waals surface area (Å²) < 4.78 is 4.17. The number of aryl methyl sites for hydroxylation is 1. The average molecular weight is 335 g/mol. The van der Waals surface area contributed by atoms with Gasteiger partial charge in [0.25, 0.3) is 5.91 Å². The normalized spacial score (nSPS) is 22.3. The largest absolute Gasteiger partial charge is 0.354 e. The van der Waals surface area contributed by atoms with E-state index < -0.39 is 0 Å². The molecule has 3 rings (SSSR count). The van der Waals surface area contributed by atoms with Gasteiger partial charge in [0.1, 0.15) is 6.04 Å². The number of hydrogen-bond acceptors (Lipinski definition) is 4. The molecule has 6 heteroatoms. The Morgan fingerprint density at radius 1 is 1.26 bits per heavy atom. The second kappa shape index (κ2) is 7.43. The SMILES string of the molecule is Cc1nscc1C(=O)N1CCC[C@H]1C(=O)NCC1CCCCC1. The highest BCUT2D eigenvalue weighted by atomic mass is 32.1. The van der Waals surface area contributed by atoms with Gasteiger partial charge < -0.3 is 10.2 Å². The minimum atomic E-state index is -0.314. The number of rotatable bonds is 4. The molecule has 1 aromatic rings. The molecule has 2 amide bonds. The van der Waals surface area contributed by atoms with Gasteiger partial charge >= 0.3 is 0 Å². The molecule has 2 fully saturated rings. The molecular weight excluding hydrogens is 310 g/mol. The van der Waals surface area contributed by atoms with Gasteiger partial charge in [-0.25, -0.2) is 0 Å². The summed E-state index contributed by atoms with van der Waals surface area (Å²) in [6.07, 6.45) is 7.96. The molecule has 2 heterocycles. The van der Waals surface area contributed by atoms with E-state index in [0.29, 0.717) is 18.0 Å². The van der Waals surface area contributed by atoms with Gasteiger partial charge in [0.05, 0.1) is 11.3 Å². The molecule has 0 radical (unpaired) electrons. The van der Waals surface area contributed by atoms with E-state index in [1.165, 1.54) is 43.6 Å². The van der Waals surface area contributed by atoms with E-state index in [9.17, 15) is 9.59 Å². The van der Waals surface area contributed by atoms with Crippen LogP contribution in [-0.4, -0.2) is 40.2 Å². The minimum absolute atomic E-state index is 0.0160. The average Bonchev–Trinajstić information content (AvgIpc) is 3.22. The van der Waals surface area contributed by atoms with Gasteiger partial charge in [-0.3, -0.25) is 9.59 Å². The molecule has 0 spiro atoms. The summed E-state index contributed by atoms with van der Waals surface area (Å²) in [7, 11) is 0. The Hall–Kier alpha value is -1.43. The third-order valence-corrected chi connectivity index (χ3v) is 5.81. The lowest BCUT2D eigenvalue weighted by Gasteiger charge is -2.26. The molecule has 0 unspecified atom stereocenters. The Morgan fingerprint density at radius 3 is 2.74 bits per heavy atom. The molecule has 1 aliphatic carbocycles. The van der Waals surface area contributed by atoms with Gasteiger partial charge in [-0.15, -0.1) is 0 Å². The molecule has 1 N–H and O–H groups in total. The van der Waals surface area contributed by atoms with Crippen LogP contribution in [0.1, 0.15) is 61.0 Å². The highest BCUT2D eigenvalue weighted by Crippen LogP contribution is 2.24. The quantitative estimate of drug-likeness (QED) is 0.920. The lowest BCUT2D eigenvalue weighted by molar-refractivity contribution is -0.125. The number of hydrogen-bond donors (Lipinski definition) is 1. The van der Waals surface area contributed by atoms with E-state index in [0.717, 1.165) is 25.1 Å². The van der Waals surface area contributed by atoms with Crippen LogP contribution < -0.4 is 5.32 Å². The Bertz CT molecular complexity index is 566. The molecule has 5 nitrogen and oxygen atoms in total. The first-order valence-corrected chi connectivity index (χ1v) is 9.50. The maximum absolute atomic E-state index is 12.7. The summed E-state index contributed by atoms with van der Waals surface area (Å²) in [5, 5.41) is 4.88. The molecule has 1 aliphatic heterocycles. The molecule has 1 saturated carbocycles. The van der Waals surface area contributed by atoms with E-state index in [-0.39, 0.29) is 17.9 Å². The first kappa shape index (κ1) is 16.4. The predicted molar refractivity (Wildman–Crippen MR) is 90.5 cm³/mol. The third-order valence-electron chi connectivity index (χ3n) is 5.09. The summed E-state index contributed by atoms with van der Waals surface area (Å²) in [6.45, 7) is 3.27. The zero-order valence-corrected chi connectivity index (χ0v) is 14.5. The number of carbonyl (C=O) groups excluding carboxylic acids is 2. The van der Waals surface area contributed by atoms with E-state index in [2.05, 4.69) is 9.69 Å². The Balaban J connectivity index is 1.58. The van der Waals surface area contributed by atoms with Crippen LogP contribution in [0.2, 0.25) is 0 Å². The lowest BCUT2D eigenvalue weighted by Crippen LogP contribution is -2.47. The highest BCUT2D eigenvalue weighted by molar-refractivity contribution is 7.03. The molecule has 23 heavy (non-hydrogen) atoms. The van der Waals surface area contributed by atoms with Gasteiger partial charge in [0.2, 0.25) is 5.91 Å². The van der Waals surface area contributed by atoms with Crippen molar-refractivity contribution in [2.24, 2.45) is 5.92 Å². The van der Waals surface area contributed by atoms with Gasteiger partial charge in [0, 0.05) is 18.5 Å². The fraction of sp³-hybridized carbons (Fsp3) is 0.706. The zero-order valence-electron chi connectivity index (χ0n) is 13.7. The smallest absolute Gasteiger partial charge is 0.257 e. The van der Waals surface area contributed by atoms with Crippen LogP contribution in [0.3, 0.4) is 0 Å². The third kappa shape index (κ3) is 3.74. The van der Waals surface area contributed by atoms with Crippen LogP contribution in [0.25, 0.3) is 0 Å². The number of carbonyl (C=O) groups is 2. The van der Waals surface area contributed by atoms with Gasteiger partial charge in [-0.2, -0.15) is 4.37 Å². The number of aromatic nitrogens is 1. The molecule has 2 aliphatic rings. The van der Waals surface area contributed by atoms with E-state index >= 15 is 0 Å². The Morgan fingerprint density at radius 2 is 2.04 bits per heavy atom. The van der Waals surface area contributed by atoms with Crippen molar-refractivity contribution in [3.05, 3.63) is 16.6 Å². The molecule has 0 bridgehead atoms. The van der Waals surface area contributed by atoms with Crippen molar-refractivity contribution in [1.29, 1.82) is 0 Å². The predicted octanol–water partition coefficient (Wildman–Crippen LogP) is 2.75. The van der Waals surface area contributed by atoms with Crippen LogP contribution in [0.15, 0.2) is 5.38 Å². The van der Waals surface area contributed by atoms with E-state index in [1.54, 1.807) is 10.3 Å². The molecule has 1 saturated heterocycles. The van der Waals surface area contributed by atoms with Crippen LogP contribution >= 0.6 is 11.5 Å². The van der Waals surface area contributed by atoms with Gasteiger partial charge in [0.15, 0.2) is 0 Å². The van der Waals surface area contributed by atoms with Crippen molar-refractivity contribution < 1.29 is 9.59 Å². The fourth-order valence-corrected chi connectivity index (χ4v) is 4.37. The Labute approximate surface area is 141 Å². The lowest BCUT2D eigenvalue weighted by atomic mass is 9.89. The van der Waals surface area contributed by atoms with Crippen molar-refractivity contribution in [1.82, 2.24) is 14.6 Å². The summed E-state index contributed by atoms with van der Waals surface area (Å²) in [5.74, 6) is 0.579. The Kier molecular flexibility index (Phi) is 5.30. The summed E-state index contributed by atoms with van der Waals surface area (Å²) >= 11 is 1.29. The summed E-state index contributed by atoms with van der Waals surface area (Å²) in [4.78, 5) is 26.9. The van der Waals surface area contributed by atoms with Crippen LogP contribution in [-0.2, 0) is 4.79 Å². The van der Waals surface area contributed by atoms with Crippen molar-refractivity contribution in [3.63, 3.8) is 0 Å². The summed E-state index contributed by atoms with van der Waals surface area (Å²) in [5.41, 5.74) is 1.40. The fourth-order valence-electron chi connectivity index (χ4n) is 3.69. The van der Waals surface area contributed by atoms with Crippen LogP contribution in [0.4, 0.5) is 0 Å². The highest BCUT2D eigenvalue weighted by Gasteiger charge is 2.35. The summed E-state index contributed by atoms with van der Waals surface area (Å²) in [6, 6.07) is -0.314. The van der Waals surface area contributed by atoms with Gasteiger partial charge in [-0.05, 0) is 50.1 Å². The monoisotopic (exact) mass is 335 g/mol.